The minimum atomic E-state index is -0.182. The molecule has 0 fully saturated rings. The van der Waals surface area contributed by atoms with Crippen LogP contribution in [0.3, 0.4) is 0 Å². The molecular weight excluding hydrogens is 262 g/mol. The minimum Gasteiger partial charge on any atom is -0.370 e. The molecule has 0 bridgehead atoms. The lowest BCUT2D eigenvalue weighted by atomic mass is 9.98. The van der Waals surface area contributed by atoms with Crippen LogP contribution in [0.4, 0.5) is 5.82 Å². The molecule has 0 aromatic carbocycles. The van der Waals surface area contributed by atoms with Gasteiger partial charge in [-0.15, -0.1) is 0 Å². The van der Waals surface area contributed by atoms with E-state index in [1.165, 1.54) is 0 Å². The van der Waals surface area contributed by atoms with E-state index in [9.17, 15) is 4.79 Å². The highest BCUT2D eigenvalue weighted by Gasteiger charge is 2.20. The average molecular weight is 291 g/mol. The number of anilines is 1. The number of hydrogen-bond donors (Lipinski definition) is 2. The number of pyridine rings is 1. The second-order valence-corrected chi connectivity index (χ2v) is 6.10. The third-order valence-corrected chi connectivity index (χ3v) is 3.33. The summed E-state index contributed by atoms with van der Waals surface area (Å²) in [5.41, 5.74) is 1.47. The van der Waals surface area contributed by atoms with Crippen LogP contribution in [0.2, 0.25) is 0 Å². The number of aryl methyl sites for hydroxylation is 1. The zero-order valence-corrected chi connectivity index (χ0v) is 14.0. The van der Waals surface area contributed by atoms with Gasteiger partial charge in [0.25, 0.3) is 5.91 Å². The first-order chi connectivity index (χ1) is 9.91. The van der Waals surface area contributed by atoms with Gasteiger partial charge in [-0.25, -0.2) is 4.98 Å². The van der Waals surface area contributed by atoms with Gasteiger partial charge >= 0.3 is 0 Å². The summed E-state index contributed by atoms with van der Waals surface area (Å²) >= 11 is 0. The maximum Gasteiger partial charge on any atom is 0.251 e. The number of nitrogens with zero attached hydrogens (tertiary/aromatic N) is 1. The Morgan fingerprint density at radius 3 is 2.48 bits per heavy atom. The lowest BCUT2D eigenvalue weighted by Gasteiger charge is -2.26. The molecule has 0 aliphatic rings. The SMILES string of the molecule is CCCc1cc(C(=O)NC(C)(C)CCC)cc(NCC)n1. The van der Waals surface area contributed by atoms with Crippen molar-refractivity contribution in [3.8, 4) is 0 Å². The number of nitrogens with one attached hydrogen (secondary N) is 2. The van der Waals surface area contributed by atoms with Gasteiger partial charge in [0.15, 0.2) is 0 Å². The van der Waals surface area contributed by atoms with Crippen molar-refractivity contribution in [3.05, 3.63) is 23.4 Å². The van der Waals surface area contributed by atoms with E-state index in [0.717, 1.165) is 43.7 Å². The van der Waals surface area contributed by atoms with Gasteiger partial charge in [-0.1, -0.05) is 26.7 Å². The summed E-state index contributed by atoms with van der Waals surface area (Å²) in [5, 5.41) is 6.32. The van der Waals surface area contributed by atoms with Crippen molar-refractivity contribution in [1.29, 1.82) is 0 Å². The maximum atomic E-state index is 12.5. The van der Waals surface area contributed by atoms with Crippen molar-refractivity contribution in [2.24, 2.45) is 0 Å². The van der Waals surface area contributed by atoms with Crippen molar-refractivity contribution >= 4 is 11.7 Å². The fraction of sp³-hybridized carbons (Fsp3) is 0.647. The number of amides is 1. The topological polar surface area (TPSA) is 54.0 Å². The molecule has 0 radical (unpaired) electrons. The Kier molecular flexibility index (Phi) is 6.66. The number of hydrogen-bond acceptors (Lipinski definition) is 3. The molecule has 0 atom stereocenters. The summed E-state index contributed by atoms with van der Waals surface area (Å²) in [5.74, 6) is 0.759. The fourth-order valence-corrected chi connectivity index (χ4v) is 2.44. The molecule has 0 saturated carbocycles. The summed E-state index contributed by atoms with van der Waals surface area (Å²) in [4.78, 5) is 17.0. The summed E-state index contributed by atoms with van der Waals surface area (Å²) in [6.07, 6.45) is 3.92. The first kappa shape index (κ1) is 17.5. The van der Waals surface area contributed by atoms with E-state index < -0.39 is 0 Å². The minimum absolute atomic E-state index is 0.0210. The van der Waals surface area contributed by atoms with Gasteiger partial charge in [-0.3, -0.25) is 4.79 Å². The second-order valence-electron chi connectivity index (χ2n) is 6.10. The maximum absolute atomic E-state index is 12.5. The second kappa shape index (κ2) is 8.01. The Bertz CT molecular complexity index is 445. The smallest absolute Gasteiger partial charge is 0.251 e. The molecule has 4 nitrogen and oxygen atoms in total. The summed E-state index contributed by atoms with van der Waals surface area (Å²) in [7, 11) is 0. The van der Waals surface area contributed by atoms with E-state index in [4.69, 9.17) is 0 Å². The molecule has 0 spiro atoms. The lowest BCUT2D eigenvalue weighted by Crippen LogP contribution is -2.43. The van der Waals surface area contributed by atoms with Crippen LogP contribution in [-0.2, 0) is 6.42 Å². The van der Waals surface area contributed by atoms with Crippen LogP contribution >= 0.6 is 0 Å². The predicted octanol–water partition coefficient (Wildman–Crippen LogP) is 3.77. The van der Waals surface area contributed by atoms with Gasteiger partial charge in [0.05, 0.1) is 0 Å². The molecule has 1 heterocycles. The molecule has 1 amide bonds. The average Bonchev–Trinajstić information content (AvgIpc) is 2.38. The molecule has 118 valence electrons. The van der Waals surface area contributed by atoms with Crippen LogP contribution in [0.25, 0.3) is 0 Å². The molecule has 1 aromatic heterocycles. The Balaban J connectivity index is 2.96. The van der Waals surface area contributed by atoms with Gasteiger partial charge in [-0.2, -0.15) is 0 Å². The van der Waals surface area contributed by atoms with Crippen molar-refractivity contribution < 1.29 is 4.79 Å². The quantitative estimate of drug-likeness (QED) is 0.766. The third-order valence-electron chi connectivity index (χ3n) is 3.33. The van der Waals surface area contributed by atoms with E-state index >= 15 is 0 Å². The molecule has 21 heavy (non-hydrogen) atoms. The largest absolute Gasteiger partial charge is 0.370 e. The van der Waals surface area contributed by atoms with Gasteiger partial charge in [-0.05, 0) is 45.7 Å². The van der Waals surface area contributed by atoms with Gasteiger partial charge in [0, 0.05) is 23.3 Å². The molecule has 1 rings (SSSR count). The summed E-state index contributed by atoms with van der Waals surface area (Å²) in [6, 6.07) is 3.74. The molecule has 0 saturated heterocycles. The Morgan fingerprint density at radius 2 is 1.90 bits per heavy atom. The third kappa shape index (κ3) is 5.74. The Hall–Kier alpha value is -1.58. The summed E-state index contributed by atoms with van der Waals surface area (Å²) < 4.78 is 0. The van der Waals surface area contributed by atoms with E-state index in [1.807, 2.05) is 19.1 Å². The number of aromatic nitrogens is 1. The van der Waals surface area contributed by atoms with Crippen molar-refractivity contribution in [2.45, 2.75) is 65.8 Å². The van der Waals surface area contributed by atoms with Crippen LogP contribution < -0.4 is 10.6 Å². The Morgan fingerprint density at radius 1 is 1.19 bits per heavy atom. The first-order valence-corrected chi connectivity index (χ1v) is 7.99. The lowest BCUT2D eigenvalue weighted by molar-refractivity contribution is 0.0909. The van der Waals surface area contributed by atoms with Gasteiger partial charge in [0.1, 0.15) is 5.82 Å². The highest BCUT2D eigenvalue weighted by atomic mass is 16.1. The molecule has 0 aliphatic heterocycles. The number of carbonyl (C=O) groups is 1. The van der Waals surface area contributed by atoms with Gasteiger partial charge in [0.2, 0.25) is 0 Å². The standard InChI is InChI=1S/C17H29N3O/c1-6-9-14-11-13(12-15(19-14)18-8-3)16(21)20-17(4,5)10-7-2/h11-12H,6-10H2,1-5H3,(H,18,19)(H,20,21). The van der Waals surface area contributed by atoms with Crippen LogP contribution in [-0.4, -0.2) is 23.0 Å². The molecule has 4 heteroatoms. The summed E-state index contributed by atoms with van der Waals surface area (Å²) in [6.45, 7) is 11.2. The van der Waals surface area contributed by atoms with E-state index in [1.54, 1.807) is 0 Å². The molecule has 2 N–H and O–H groups in total. The molecule has 0 aliphatic carbocycles. The molecular formula is C17H29N3O. The fourth-order valence-electron chi connectivity index (χ4n) is 2.44. The number of carbonyl (C=O) groups excluding carboxylic acids is 1. The molecule has 0 unspecified atom stereocenters. The highest BCUT2D eigenvalue weighted by molar-refractivity contribution is 5.95. The van der Waals surface area contributed by atoms with E-state index in [-0.39, 0.29) is 11.4 Å². The van der Waals surface area contributed by atoms with E-state index in [0.29, 0.717) is 5.56 Å². The van der Waals surface area contributed by atoms with Crippen molar-refractivity contribution in [3.63, 3.8) is 0 Å². The van der Waals surface area contributed by atoms with E-state index in [2.05, 4.69) is 43.3 Å². The first-order valence-electron chi connectivity index (χ1n) is 7.99. The van der Waals surface area contributed by atoms with Crippen LogP contribution in [0.5, 0.6) is 0 Å². The zero-order valence-electron chi connectivity index (χ0n) is 14.0. The number of rotatable bonds is 8. The normalized spacial score (nSPS) is 11.3. The monoisotopic (exact) mass is 291 g/mol. The van der Waals surface area contributed by atoms with Crippen LogP contribution in [0.1, 0.15) is 69.9 Å². The predicted molar refractivity (Wildman–Crippen MR) is 88.8 cm³/mol. The van der Waals surface area contributed by atoms with Crippen molar-refractivity contribution in [1.82, 2.24) is 10.3 Å². The zero-order chi connectivity index (χ0) is 15.9. The Labute approximate surface area is 128 Å². The molecule has 1 aromatic rings. The van der Waals surface area contributed by atoms with Crippen molar-refractivity contribution in [2.75, 3.05) is 11.9 Å². The van der Waals surface area contributed by atoms with Gasteiger partial charge < -0.3 is 10.6 Å². The van der Waals surface area contributed by atoms with Crippen LogP contribution in [0.15, 0.2) is 12.1 Å². The van der Waals surface area contributed by atoms with Crippen LogP contribution in [0, 0.1) is 0 Å². The highest BCUT2D eigenvalue weighted by Crippen LogP contribution is 2.16.